The molecule has 100 valence electrons. The van der Waals surface area contributed by atoms with Gasteiger partial charge in [-0.15, -0.1) is 0 Å². The summed E-state index contributed by atoms with van der Waals surface area (Å²) in [7, 11) is 1.68. The van der Waals surface area contributed by atoms with Crippen molar-refractivity contribution in [3.63, 3.8) is 0 Å². The first kappa shape index (κ1) is 13.1. The predicted octanol–water partition coefficient (Wildman–Crippen LogP) is -0.816. The first-order chi connectivity index (χ1) is 9.02. The Kier molecular flexibility index (Phi) is 3.80. The molecule has 0 spiro atoms. The van der Waals surface area contributed by atoms with Crippen LogP contribution in [0.3, 0.4) is 0 Å². The van der Waals surface area contributed by atoms with E-state index in [1.165, 1.54) is 16.9 Å². The molecule has 2 aromatic heterocycles. The normalized spacial score (nSPS) is 10.4. The lowest BCUT2D eigenvalue weighted by Crippen LogP contribution is -2.28. The van der Waals surface area contributed by atoms with Crippen molar-refractivity contribution in [1.82, 2.24) is 15.2 Å². The standard InChI is InChI=1S/C9H11N7O2S/c1-16-3-8(18-15-16)14-7(17)4-19-9-12-5(10)2-6(11)13-9/h2-3H,4H2,1H3,(H4-,10,11,12,13,14,15,17)/p+1. The second kappa shape index (κ2) is 5.52. The van der Waals surface area contributed by atoms with Gasteiger partial charge in [-0.25, -0.2) is 9.97 Å². The van der Waals surface area contributed by atoms with E-state index in [4.69, 9.17) is 16.0 Å². The number of hydrogen-bond donors (Lipinski definition) is 3. The van der Waals surface area contributed by atoms with Crippen molar-refractivity contribution >= 4 is 35.2 Å². The average Bonchev–Trinajstić information content (AvgIpc) is 2.71. The molecule has 0 bridgehead atoms. The highest BCUT2D eigenvalue weighted by Crippen LogP contribution is 2.16. The number of amides is 1. The molecule has 0 radical (unpaired) electrons. The number of nitrogen functional groups attached to an aromatic ring is 2. The lowest BCUT2D eigenvalue weighted by Gasteiger charge is -2.02. The van der Waals surface area contributed by atoms with Gasteiger partial charge in [0, 0.05) is 6.07 Å². The van der Waals surface area contributed by atoms with Gasteiger partial charge in [-0.2, -0.15) is 0 Å². The fourth-order valence-corrected chi connectivity index (χ4v) is 1.88. The van der Waals surface area contributed by atoms with Gasteiger partial charge >= 0.3 is 5.88 Å². The Bertz CT molecular complexity index is 580. The Hall–Kier alpha value is -2.36. The molecule has 0 saturated carbocycles. The SMILES string of the molecule is C[n+]1cc(NC(=O)CSc2nc(N)cc(N)n2)on1. The van der Waals surface area contributed by atoms with Gasteiger partial charge in [0.1, 0.15) is 11.6 Å². The summed E-state index contributed by atoms with van der Waals surface area (Å²) in [5.74, 6) is 0.621. The van der Waals surface area contributed by atoms with Crippen molar-refractivity contribution in [2.75, 3.05) is 22.5 Å². The molecule has 19 heavy (non-hydrogen) atoms. The zero-order valence-electron chi connectivity index (χ0n) is 10.0. The smallest absolute Gasteiger partial charge is 0.302 e. The number of thioether (sulfide) groups is 1. The van der Waals surface area contributed by atoms with Crippen LogP contribution in [-0.2, 0) is 11.8 Å². The number of aromatic nitrogens is 4. The van der Waals surface area contributed by atoms with E-state index >= 15 is 0 Å². The van der Waals surface area contributed by atoms with Gasteiger partial charge in [0.15, 0.2) is 17.5 Å². The summed E-state index contributed by atoms with van der Waals surface area (Å²) in [6.45, 7) is 0. The predicted molar refractivity (Wildman–Crippen MR) is 67.9 cm³/mol. The highest BCUT2D eigenvalue weighted by Gasteiger charge is 2.12. The number of nitrogens with zero attached hydrogens (tertiary/aromatic N) is 4. The molecule has 0 fully saturated rings. The van der Waals surface area contributed by atoms with Crippen LogP contribution in [0.15, 0.2) is 21.9 Å². The number of hydrogen-bond acceptors (Lipinski definition) is 8. The van der Waals surface area contributed by atoms with Gasteiger partial charge in [0.25, 0.3) is 6.20 Å². The summed E-state index contributed by atoms with van der Waals surface area (Å²) >= 11 is 1.12. The quantitative estimate of drug-likeness (QED) is 0.376. The third-order valence-electron chi connectivity index (χ3n) is 1.91. The molecule has 0 aliphatic rings. The molecule has 0 aliphatic heterocycles. The molecule has 0 unspecified atom stereocenters. The topological polar surface area (TPSA) is 137 Å². The summed E-state index contributed by atoms with van der Waals surface area (Å²) in [4.78, 5) is 19.5. The van der Waals surface area contributed by atoms with E-state index < -0.39 is 0 Å². The highest BCUT2D eigenvalue weighted by molar-refractivity contribution is 7.99. The molecule has 0 atom stereocenters. The van der Waals surface area contributed by atoms with Gasteiger partial charge in [-0.3, -0.25) is 14.6 Å². The maximum Gasteiger partial charge on any atom is 0.302 e. The minimum atomic E-state index is -0.272. The van der Waals surface area contributed by atoms with Crippen molar-refractivity contribution in [1.29, 1.82) is 0 Å². The number of anilines is 3. The molecule has 2 aromatic rings. The summed E-state index contributed by atoms with van der Waals surface area (Å²) < 4.78 is 6.26. The summed E-state index contributed by atoms with van der Waals surface area (Å²) in [6.07, 6.45) is 1.54. The van der Waals surface area contributed by atoms with Crippen LogP contribution in [-0.4, -0.2) is 26.9 Å². The van der Waals surface area contributed by atoms with Crippen molar-refractivity contribution in [2.45, 2.75) is 5.16 Å². The van der Waals surface area contributed by atoms with Crippen LogP contribution in [0, 0.1) is 0 Å². The fraction of sp³-hybridized carbons (Fsp3) is 0.222. The van der Waals surface area contributed by atoms with Crippen LogP contribution in [0.25, 0.3) is 0 Å². The third kappa shape index (κ3) is 3.81. The van der Waals surface area contributed by atoms with Crippen molar-refractivity contribution in [3.05, 3.63) is 12.3 Å². The Morgan fingerprint density at radius 2 is 2.16 bits per heavy atom. The van der Waals surface area contributed by atoms with E-state index in [0.717, 1.165) is 11.8 Å². The fourth-order valence-electron chi connectivity index (χ4n) is 1.21. The molecule has 0 aromatic carbocycles. The Morgan fingerprint density at radius 3 is 2.74 bits per heavy atom. The number of rotatable bonds is 4. The molecule has 0 aliphatic carbocycles. The van der Waals surface area contributed by atoms with Crippen molar-refractivity contribution < 1.29 is 14.0 Å². The Balaban J connectivity index is 1.89. The molecule has 2 heterocycles. The molecule has 10 heteroatoms. The second-order valence-electron chi connectivity index (χ2n) is 3.58. The van der Waals surface area contributed by atoms with E-state index in [2.05, 4.69) is 20.6 Å². The van der Waals surface area contributed by atoms with E-state index in [9.17, 15) is 4.79 Å². The lowest BCUT2D eigenvalue weighted by molar-refractivity contribution is -0.739. The molecule has 9 nitrogen and oxygen atoms in total. The Morgan fingerprint density at radius 1 is 1.47 bits per heavy atom. The summed E-state index contributed by atoms with van der Waals surface area (Å²) in [5.41, 5.74) is 11.0. The molecule has 2 rings (SSSR count). The van der Waals surface area contributed by atoms with Crippen LogP contribution in [0.4, 0.5) is 17.5 Å². The third-order valence-corrected chi connectivity index (χ3v) is 2.76. The molecule has 1 amide bonds. The van der Waals surface area contributed by atoms with Crippen LogP contribution < -0.4 is 21.5 Å². The Labute approximate surface area is 112 Å². The van der Waals surface area contributed by atoms with Crippen LogP contribution in [0.2, 0.25) is 0 Å². The van der Waals surface area contributed by atoms with Gasteiger partial charge in [0.2, 0.25) is 5.91 Å². The largest absolute Gasteiger partial charge is 0.383 e. The average molecular weight is 282 g/mol. The van der Waals surface area contributed by atoms with E-state index in [0.29, 0.717) is 5.16 Å². The maximum absolute atomic E-state index is 11.6. The maximum atomic E-state index is 11.6. The highest BCUT2D eigenvalue weighted by atomic mass is 32.2. The van der Waals surface area contributed by atoms with Crippen molar-refractivity contribution in [3.8, 4) is 0 Å². The summed E-state index contributed by atoms with van der Waals surface area (Å²) in [6, 6.07) is 1.44. The number of nitrogens with one attached hydrogen (secondary N) is 1. The van der Waals surface area contributed by atoms with E-state index in [1.54, 1.807) is 7.05 Å². The number of aryl methyl sites for hydroxylation is 1. The second-order valence-corrected chi connectivity index (χ2v) is 4.52. The van der Waals surface area contributed by atoms with E-state index in [-0.39, 0.29) is 29.2 Å². The van der Waals surface area contributed by atoms with Gasteiger partial charge < -0.3 is 11.5 Å². The number of carbonyl (C=O) groups excluding carboxylic acids is 1. The minimum Gasteiger partial charge on any atom is -0.383 e. The molecular weight excluding hydrogens is 270 g/mol. The van der Waals surface area contributed by atoms with Crippen LogP contribution in [0.1, 0.15) is 0 Å². The zero-order chi connectivity index (χ0) is 13.8. The van der Waals surface area contributed by atoms with Crippen molar-refractivity contribution in [2.24, 2.45) is 7.05 Å². The zero-order valence-corrected chi connectivity index (χ0v) is 10.8. The summed E-state index contributed by atoms with van der Waals surface area (Å²) in [5, 5.41) is 6.45. The number of carbonyl (C=O) groups is 1. The molecular formula is C9H12N7O2S+. The first-order valence-corrected chi connectivity index (χ1v) is 6.17. The monoisotopic (exact) mass is 282 g/mol. The van der Waals surface area contributed by atoms with Gasteiger partial charge in [-0.1, -0.05) is 16.4 Å². The van der Waals surface area contributed by atoms with E-state index in [1.807, 2.05) is 0 Å². The molecule has 0 saturated heterocycles. The first-order valence-electron chi connectivity index (χ1n) is 5.18. The number of nitrogens with two attached hydrogens (primary N) is 2. The van der Waals surface area contributed by atoms with Crippen LogP contribution in [0.5, 0.6) is 0 Å². The van der Waals surface area contributed by atoms with Gasteiger partial charge in [-0.05, 0) is 0 Å². The van der Waals surface area contributed by atoms with Gasteiger partial charge in [0.05, 0.1) is 5.75 Å². The molecule has 5 N–H and O–H groups in total. The minimum absolute atomic E-state index is 0.104. The van der Waals surface area contributed by atoms with Crippen LogP contribution >= 0.6 is 11.8 Å². The lowest BCUT2D eigenvalue weighted by atomic mass is 10.5.